The fraction of sp³-hybridized carbons (Fsp3) is 0.528. The molecule has 248 valence electrons. The number of benzene rings is 2. The van der Waals surface area contributed by atoms with Gasteiger partial charge in [0.25, 0.3) is 0 Å². The molecule has 10 heteroatoms. The Hall–Kier alpha value is -3.31. The third-order valence-corrected chi connectivity index (χ3v) is 13.2. The van der Waals surface area contributed by atoms with Crippen LogP contribution in [0.4, 0.5) is 0 Å². The Kier molecular flexibility index (Phi) is 11.1. The van der Waals surface area contributed by atoms with Crippen molar-refractivity contribution in [3.05, 3.63) is 66.5 Å². The predicted molar refractivity (Wildman–Crippen MR) is 184 cm³/mol. The maximum absolute atomic E-state index is 6.68. The molecule has 0 saturated carbocycles. The molecule has 1 unspecified atom stereocenters. The molecule has 1 aliphatic heterocycles. The summed E-state index contributed by atoms with van der Waals surface area (Å²) in [6.07, 6.45) is 7.04. The molecule has 46 heavy (non-hydrogen) atoms. The van der Waals surface area contributed by atoms with E-state index in [2.05, 4.69) is 76.1 Å². The summed E-state index contributed by atoms with van der Waals surface area (Å²) in [4.78, 5) is 9.31. The number of ether oxygens (including phenoxy) is 4. The maximum Gasteiger partial charge on any atom is 0.250 e. The second-order valence-electron chi connectivity index (χ2n) is 13.8. The summed E-state index contributed by atoms with van der Waals surface area (Å²) in [7, 11) is -2.04. The van der Waals surface area contributed by atoms with E-state index in [9.17, 15) is 0 Å². The lowest BCUT2D eigenvalue weighted by atomic mass is 10.1. The zero-order valence-corrected chi connectivity index (χ0v) is 29.5. The minimum absolute atomic E-state index is 0.0802. The Balaban J connectivity index is 1.26. The summed E-state index contributed by atoms with van der Waals surface area (Å²) in [5.41, 5.74) is 3.53. The fourth-order valence-electron chi connectivity index (χ4n) is 5.11. The SMILES string of the molecule is C[C@H](CCOC[C@H](C)Oc1cncc(-c2nn(C3CCCCO3)c3ccc(O[Si](C)(C)C(C)(C)C)cc23)n1)OCc1ccccc1. The summed E-state index contributed by atoms with van der Waals surface area (Å²) < 4.78 is 32.8. The quantitative estimate of drug-likeness (QED) is 0.0998. The number of hydrogen-bond donors (Lipinski definition) is 0. The normalized spacial score (nSPS) is 17.2. The van der Waals surface area contributed by atoms with Crippen LogP contribution >= 0.6 is 0 Å². The highest BCUT2D eigenvalue weighted by atomic mass is 28.4. The number of nitrogens with zero attached hydrogens (tertiary/aromatic N) is 4. The fourth-order valence-corrected chi connectivity index (χ4v) is 6.13. The lowest BCUT2D eigenvalue weighted by Crippen LogP contribution is -2.43. The van der Waals surface area contributed by atoms with Gasteiger partial charge in [0, 0.05) is 18.6 Å². The van der Waals surface area contributed by atoms with Gasteiger partial charge < -0.3 is 23.4 Å². The van der Waals surface area contributed by atoms with Gasteiger partial charge in [-0.15, -0.1) is 0 Å². The topological polar surface area (TPSA) is 89.8 Å². The minimum Gasteiger partial charge on any atom is -0.543 e. The molecule has 5 rings (SSSR count). The van der Waals surface area contributed by atoms with Crippen LogP contribution in [0.5, 0.6) is 11.6 Å². The Labute approximate surface area is 274 Å². The first kappa shape index (κ1) is 34.0. The highest BCUT2D eigenvalue weighted by Gasteiger charge is 2.39. The van der Waals surface area contributed by atoms with Crippen LogP contribution in [0.2, 0.25) is 18.1 Å². The molecule has 9 nitrogen and oxygen atoms in total. The standard InChI is InChI=1S/C36H50N4O5Si/c1-26(43-25-28-13-9-8-10-14-28)18-20-41-24-27(2)44-33-23-37-22-31(38-33)35-30-21-29(45-46(6,7)36(3,4)5)16-17-32(30)40(39-35)34-15-11-12-19-42-34/h8-10,13-14,16-17,21-23,26-27,34H,11-12,15,18-20,24-25H2,1-7H3/t26-,27+,34?/m1/s1. The van der Waals surface area contributed by atoms with Crippen molar-refractivity contribution in [2.75, 3.05) is 19.8 Å². The Morgan fingerprint density at radius 2 is 1.83 bits per heavy atom. The molecule has 3 heterocycles. The van der Waals surface area contributed by atoms with Gasteiger partial charge in [0.1, 0.15) is 23.2 Å². The van der Waals surface area contributed by atoms with Crippen LogP contribution < -0.4 is 9.16 Å². The molecule has 1 aliphatic rings. The maximum atomic E-state index is 6.68. The molecule has 0 aliphatic carbocycles. The number of rotatable bonds is 14. The number of hydrogen-bond acceptors (Lipinski definition) is 8. The molecule has 4 aromatic rings. The van der Waals surface area contributed by atoms with Crippen LogP contribution in [0.3, 0.4) is 0 Å². The van der Waals surface area contributed by atoms with Crippen LogP contribution in [0.15, 0.2) is 60.9 Å². The predicted octanol–water partition coefficient (Wildman–Crippen LogP) is 8.36. The molecule has 0 spiro atoms. The van der Waals surface area contributed by atoms with Crippen molar-refractivity contribution in [1.82, 2.24) is 19.7 Å². The summed E-state index contributed by atoms with van der Waals surface area (Å²) in [5, 5.41) is 6.09. The summed E-state index contributed by atoms with van der Waals surface area (Å²) in [6, 6.07) is 16.4. The van der Waals surface area contributed by atoms with Crippen molar-refractivity contribution >= 4 is 19.2 Å². The van der Waals surface area contributed by atoms with E-state index >= 15 is 0 Å². The lowest BCUT2D eigenvalue weighted by molar-refractivity contribution is -0.0365. The molecular weight excluding hydrogens is 597 g/mol. The second-order valence-corrected chi connectivity index (χ2v) is 18.5. The van der Waals surface area contributed by atoms with Gasteiger partial charge in [-0.1, -0.05) is 51.1 Å². The van der Waals surface area contributed by atoms with Crippen molar-refractivity contribution in [3.8, 4) is 23.0 Å². The first-order valence-corrected chi connectivity index (χ1v) is 19.5. The highest BCUT2D eigenvalue weighted by Crippen LogP contribution is 2.39. The van der Waals surface area contributed by atoms with Crippen LogP contribution in [0.1, 0.15) is 72.1 Å². The van der Waals surface area contributed by atoms with E-state index in [0.717, 1.165) is 54.6 Å². The Morgan fingerprint density at radius 1 is 1.02 bits per heavy atom. The molecule has 0 bridgehead atoms. The smallest absolute Gasteiger partial charge is 0.250 e. The van der Waals surface area contributed by atoms with Crippen LogP contribution in [0, 0.1) is 0 Å². The van der Waals surface area contributed by atoms with E-state index in [-0.39, 0.29) is 23.5 Å². The first-order chi connectivity index (χ1) is 22.0. The molecule has 1 fully saturated rings. The van der Waals surface area contributed by atoms with E-state index in [1.165, 1.54) is 5.56 Å². The Morgan fingerprint density at radius 3 is 2.57 bits per heavy atom. The molecule has 3 atom stereocenters. The second kappa shape index (κ2) is 15.1. The van der Waals surface area contributed by atoms with Gasteiger partial charge in [0.2, 0.25) is 14.2 Å². The van der Waals surface area contributed by atoms with Gasteiger partial charge >= 0.3 is 0 Å². The van der Waals surface area contributed by atoms with E-state index < -0.39 is 8.32 Å². The minimum atomic E-state index is -2.04. The van der Waals surface area contributed by atoms with Crippen LogP contribution in [-0.4, -0.2) is 60.1 Å². The molecule has 1 saturated heterocycles. The highest BCUT2D eigenvalue weighted by molar-refractivity contribution is 6.74. The summed E-state index contributed by atoms with van der Waals surface area (Å²) in [6.45, 7) is 17.7. The van der Waals surface area contributed by atoms with Crippen molar-refractivity contribution in [2.45, 2.75) is 103 Å². The molecular formula is C36H50N4O5Si. The van der Waals surface area contributed by atoms with Gasteiger partial charge in [0.15, 0.2) is 6.23 Å². The number of aromatic nitrogens is 4. The van der Waals surface area contributed by atoms with Crippen LogP contribution in [-0.2, 0) is 20.8 Å². The summed E-state index contributed by atoms with van der Waals surface area (Å²) in [5.74, 6) is 1.27. The van der Waals surface area contributed by atoms with Gasteiger partial charge in [-0.3, -0.25) is 4.98 Å². The number of fused-ring (bicyclic) bond motifs is 1. The average Bonchev–Trinajstić information content (AvgIpc) is 3.41. The average molecular weight is 647 g/mol. The molecule has 0 N–H and O–H groups in total. The summed E-state index contributed by atoms with van der Waals surface area (Å²) >= 11 is 0. The van der Waals surface area contributed by atoms with Gasteiger partial charge in [-0.05, 0) is 81.4 Å². The van der Waals surface area contributed by atoms with Crippen LogP contribution in [0.25, 0.3) is 22.3 Å². The molecule has 0 amide bonds. The largest absolute Gasteiger partial charge is 0.543 e. The zero-order valence-electron chi connectivity index (χ0n) is 28.5. The molecule has 2 aromatic carbocycles. The van der Waals surface area contributed by atoms with E-state index in [0.29, 0.717) is 31.4 Å². The van der Waals surface area contributed by atoms with E-state index in [1.54, 1.807) is 12.4 Å². The van der Waals surface area contributed by atoms with Gasteiger partial charge in [0.05, 0.1) is 37.2 Å². The zero-order chi connectivity index (χ0) is 32.7. The third-order valence-electron chi connectivity index (χ3n) is 8.86. The van der Waals surface area contributed by atoms with Crippen molar-refractivity contribution < 1.29 is 23.4 Å². The van der Waals surface area contributed by atoms with Gasteiger partial charge in [-0.25, -0.2) is 9.67 Å². The Bertz CT molecular complexity index is 1550. The third kappa shape index (κ3) is 8.73. The van der Waals surface area contributed by atoms with E-state index in [4.69, 9.17) is 33.5 Å². The lowest BCUT2D eigenvalue weighted by Gasteiger charge is -2.36. The molecule has 0 radical (unpaired) electrons. The van der Waals surface area contributed by atoms with E-state index in [1.807, 2.05) is 29.8 Å². The van der Waals surface area contributed by atoms with Gasteiger partial charge in [-0.2, -0.15) is 5.10 Å². The van der Waals surface area contributed by atoms with Crippen molar-refractivity contribution in [1.29, 1.82) is 0 Å². The molecule has 2 aromatic heterocycles. The van der Waals surface area contributed by atoms with Crippen molar-refractivity contribution in [3.63, 3.8) is 0 Å². The first-order valence-electron chi connectivity index (χ1n) is 16.6. The van der Waals surface area contributed by atoms with Crippen molar-refractivity contribution in [2.24, 2.45) is 0 Å². The monoisotopic (exact) mass is 646 g/mol.